The second-order valence-corrected chi connectivity index (χ2v) is 2.68. The quantitative estimate of drug-likeness (QED) is 0.491. The molecule has 0 atom stereocenters. The van der Waals surface area contributed by atoms with E-state index in [1.165, 1.54) is 0 Å². The topological polar surface area (TPSA) is 78.2 Å². The van der Waals surface area contributed by atoms with E-state index in [0.29, 0.717) is 0 Å². The van der Waals surface area contributed by atoms with Crippen LogP contribution in [0.3, 0.4) is 0 Å². The standard InChI is InChI=1S/C2H6NO3S/c3-7(5,6)2-1-4/h3-4H,1-2H2. The molecule has 0 aliphatic heterocycles. The number of nitrogens with one attached hydrogen (secondary N) is 1. The van der Waals surface area contributed by atoms with Crippen LogP contribution in [0.2, 0.25) is 0 Å². The molecule has 0 aliphatic rings. The summed E-state index contributed by atoms with van der Waals surface area (Å²) in [5, 5.41) is 14.0. The van der Waals surface area contributed by atoms with Gasteiger partial charge < -0.3 is 5.11 Å². The highest BCUT2D eigenvalue weighted by Gasteiger charge is 1.98. The van der Waals surface area contributed by atoms with Crippen LogP contribution in [-0.4, -0.2) is 25.9 Å². The molecule has 0 heterocycles. The van der Waals surface area contributed by atoms with Gasteiger partial charge in [-0.05, 0) is 0 Å². The predicted molar refractivity (Wildman–Crippen MR) is 24.0 cm³/mol. The normalized spacial score (nSPS) is 11.7. The first-order valence-corrected chi connectivity index (χ1v) is 3.29. The van der Waals surface area contributed by atoms with Crippen LogP contribution in [0.1, 0.15) is 0 Å². The maximum absolute atomic E-state index is 9.74. The van der Waals surface area contributed by atoms with Crippen molar-refractivity contribution in [1.29, 1.82) is 0 Å². The second kappa shape index (κ2) is 2.25. The Bertz CT molecular complexity index is 126. The number of hydrogen-bond donors (Lipinski definition) is 1. The molecule has 0 fully saturated rings. The zero-order valence-corrected chi connectivity index (χ0v) is 4.40. The first-order chi connectivity index (χ1) is 3.06. The Balaban J connectivity index is 3.60. The smallest absolute Gasteiger partial charge is 0.227 e. The average Bonchev–Trinajstić information content (AvgIpc) is 1.30. The molecule has 0 aromatic carbocycles. The van der Waals surface area contributed by atoms with Crippen LogP contribution in [0.5, 0.6) is 0 Å². The van der Waals surface area contributed by atoms with Gasteiger partial charge in [0.2, 0.25) is 10.0 Å². The van der Waals surface area contributed by atoms with Gasteiger partial charge in [-0.2, -0.15) is 0 Å². The summed E-state index contributed by atoms with van der Waals surface area (Å²) in [5.74, 6) is -0.465. The maximum Gasteiger partial charge on any atom is 0.227 e. The maximum atomic E-state index is 9.74. The third kappa shape index (κ3) is 5.87. The summed E-state index contributed by atoms with van der Waals surface area (Å²) >= 11 is 0. The Morgan fingerprint density at radius 1 is 1.57 bits per heavy atom. The molecule has 0 aromatic rings. The summed E-state index contributed by atoms with van der Waals surface area (Å²) in [5.41, 5.74) is 0. The lowest BCUT2D eigenvalue weighted by Crippen LogP contribution is -2.08. The first kappa shape index (κ1) is 6.87. The molecule has 0 unspecified atom stereocenters. The van der Waals surface area contributed by atoms with E-state index in [0.717, 1.165) is 0 Å². The van der Waals surface area contributed by atoms with E-state index in [4.69, 9.17) is 10.2 Å². The highest BCUT2D eigenvalue weighted by molar-refractivity contribution is 7.88. The lowest BCUT2D eigenvalue weighted by molar-refractivity contribution is 0.319. The Hall–Kier alpha value is -0.130. The van der Waals surface area contributed by atoms with Crippen LogP contribution < -0.4 is 5.14 Å². The molecular formula is C2H6NO3S. The molecule has 5 heteroatoms. The Morgan fingerprint density at radius 3 is 2.00 bits per heavy atom. The molecule has 0 rings (SSSR count). The fourth-order valence-electron chi connectivity index (χ4n) is 0.120. The van der Waals surface area contributed by atoms with Crippen LogP contribution in [0.25, 0.3) is 0 Å². The Kier molecular flexibility index (Phi) is 2.21. The van der Waals surface area contributed by atoms with E-state index >= 15 is 0 Å². The highest BCUT2D eigenvalue weighted by atomic mass is 32.2. The summed E-state index contributed by atoms with van der Waals surface area (Å²) in [7, 11) is -3.67. The van der Waals surface area contributed by atoms with Crippen molar-refractivity contribution in [2.24, 2.45) is 0 Å². The van der Waals surface area contributed by atoms with Gasteiger partial charge in [0.1, 0.15) is 0 Å². The number of aliphatic hydroxyl groups is 1. The Labute approximate surface area is 42.0 Å². The summed E-state index contributed by atoms with van der Waals surface area (Å²) in [4.78, 5) is 0. The van der Waals surface area contributed by atoms with Gasteiger partial charge in [-0.25, -0.2) is 8.42 Å². The number of rotatable bonds is 2. The third-order valence-corrected chi connectivity index (χ3v) is 1.08. The van der Waals surface area contributed by atoms with E-state index in [1.54, 1.807) is 0 Å². The zero-order chi connectivity index (χ0) is 5.91. The van der Waals surface area contributed by atoms with Crippen LogP contribution >= 0.6 is 0 Å². The SMILES string of the molecule is [NH]S(=O)(=O)CCO. The van der Waals surface area contributed by atoms with Gasteiger partial charge in [0.15, 0.2) is 0 Å². The minimum absolute atomic E-state index is 0.465. The highest BCUT2D eigenvalue weighted by Crippen LogP contribution is 1.74. The van der Waals surface area contributed by atoms with Gasteiger partial charge >= 0.3 is 0 Å². The minimum atomic E-state index is -3.67. The van der Waals surface area contributed by atoms with Gasteiger partial charge in [0.25, 0.3) is 0 Å². The zero-order valence-electron chi connectivity index (χ0n) is 3.59. The summed E-state index contributed by atoms with van der Waals surface area (Å²) < 4.78 is 19.5. The van der Waals surface area contributed by atoms with Gasteiger partial charge in [-0.3, -0.25) is 0 Å². The van der Waals surface area contributed by atoms with Crippen molar-refractivity contribution < 1.29 is 13.5 Å². The summed E-state index contributed by atoms with van der Waals surface area (Å²) in [6, 6.07) is 0. The van der Waals surface area contributed by atoms with Crippen LogP contribution in [0.4, 0.5) is 0 Å². The fraction of sp³-hybridized carbons (Fsp3) is 1.00. The summed E-state index contributed by atoms with van der Waals surface area (Å²) in [6.07, 6.45) is 0. The molecule has 0 saturated carbocycles. The molecule has 0 spiro atoms. The largest absolute Gasteiger partial charge is 0.395 e. The molecule has 0 aliphatic carbocycles. The second-order valence-electron chi connectivity index (χ2n) is 1.04. The van der Waals surface area contributed by atoms with Gasteiger partial charge in [-0.15, -0.1) is 5.14 Å². The van der Waals surface area contributed by atoms with E-state index in [2.05, 4.69) is 0 Å². The molecule has 1 radical (unpaired) electrons. The van der Waals surface area contributed by atoms with Crippen molar-refractivity contribution in [1.82, 2.24) is 5.14 Å². The third-order valence-electron chi connectivity index (χ3n) is 0.360. The fourth-order valence-corrected chi connectivity index (χ4v) is 0.361. The Morgan fingerprint density at radius 2 is 2.00 bits per heavy atom. The van der Waals surface area contributed by atoms with E-state index in [1.807, 2.05) is 0 Å². The van der Waals surface area contributed by atoms with Gasteiger partial charge in [0.05, 0.1) is 12.4 Å². The van der Waals surface area contributed by atoms with Crippen molar-refractivity contribution in [2.75, 3.05) is 12.4 Å². The molecule has 7 heavy (non-hydrogen) atoms. The number of aliphatic hydroxyl groups excluding tert-OH is 1. The molecule has 0 saturated heterocycles. The number of sulfonamides is 1. The summed E-state index contributed by atoms with van der Waals surface area (Å²) in [6.45, 7) is -0.466. The van der Waals surface area contributed by atoms with E-state index in [-0.39, 0.29) is 0 Å². The van der Waals surface area contributed by atoms with Crippen LogP contribution in [0, 0.1) is 0 Å². The first-order valence-electron chi connectivity index (χ1n) is 1.64. The monoisotopic (exact) mass is 124 g/mol. The van der Waals surface area contributed by atoms with E-state index in [9.17, 15) is 8.42 Å². The van der Waals surface area contributed by atoms with Crippen LogP contribution in [-0.2, 0) is 10.0 Å². The molecule has 2 N–H and O–H groups in total. The lowest BCUT2D eigenvalue weighted by atomic mass is 10.9. The molecule has 4 nitrogen and oxygen atoms in total. The van der Waals surface area contributed by atoms with Gasteiger partial charge in [-0.1, -0.05) is 0 Å². The molecule has 0 bridgehead atoms. The lowest BCUT2D eigenvalue weighted by Gasteiger charge is -1.85. The minimum Gasteiger partial charge on any atom is -0.395 e. The average molecular weight is 124 g/mol. The van der Waals surface area contributed by atoms with Crippen molar-refractivity contribution in [2.45, 2.75) is 0 Å². The van der Waals surface area contributed by atoms with Crippen molar-refractivity contribution in [3.8, 4) is 0 Å². The molecule has 0 aromatic heterocycles. The number of hydrogen-bond acceptors (Lipinski definition) is 3. The van der Waals surface area contributed by atoms with Crippen LogP contribution in [0.15, 0.2) is 0 Å². The molecular weight excluding hydrogens is 118 g/mol. The molecule has 43 valence electrons. The van der Waals surface area contributed by atoms with Crippen molar-refractivity contribution >= 4 is 10.0 Å². The predicted octanol–water partition coefficient (Wildman–Crippen LogP) is -1.41. The van der Waals surface area contributed by atoms with Gasteiger partial charge in [0, 0.05) is 0 Å². The van der Waals surface area contributed by atoms with Crippen molar-refractivity contribution in [3.05, 3.63) is 0 Å². The van der Waals surface area contributed by atoms with E-state index < -0.39 is 22.4 Å². The van der Waals surface area contributed by atoms with Crippen molar-refractivity contribution in [3.63, 3.8) is 0 Å². The molecule has 0 amide bonds.